The standard InChI is InChI=1S/C5H10N2O/c1-4-6-5(2)8-7(4)3/h5H,1-3H3. The lowest BCUT2D eigenvalue weighted by Crippen LogP contribution is -2.18. The molecule has 0 aliphatic carbocycles. The maximum atomic E-state index is 5.10. The second-order valence-corrected chi connectivity index (χ2v) is 1.88. The quantitative estimate of drug-likeness (QED) is 0.461. The zero-order chi connectivity index (χ0) is 6.15. The normalized spacial score (nSPS) is 28.6. The van der Waals surface area contributed by atoms with Gasteiger partial charge in [-0.3, -0.25) is 0 Å². The molecule has 0 aromatic heterocycles. The fourth-order valence-corrected chi connectivity index (χ4v) is 0.673. The van der Waals surface area contributed by atoms with Gasteiger partial charge >= 0.3 is 0 Å². The Morgan fingerprint density at radius 1 is 1.75 bits per heavy atom. The van der Waals surface area contributed by atoms with E-state index in [0.29, 0.717) is 0 Å². The van der Waals surface area contributed by atoms with E-state index < -0.39 is 0 Å². The Morgan fingerprint density at radius 3 is 2.50 bits per heavy atom. The third-order valence-corrected chi connectivity index (χ3v) is 1.14. The Hall–Kier alpha value is -0.570. The van der Waals surface area contributed by atoms with Gasteiger partial charge in [0.1, 0.15) is 5.84 Å². The van der Waals surface area contributed by atoms with Crippen LogP contribution in [0.3, 0.4) is 0 Å². The van der Waals surface area contributed by atoms with Crippen LogP contribution in [0.5, 0.6) is 0 Å². The Kier molecular flexibility index (Phi) is 1.21. The molecule has 1 aliphatic heterocycles. The third kappa shape index (κ3) is 0.816. The Balaban J connectivity index is 2.59. The molecule has 1 unspecified atom stereocenters. The molecule has 46 valence electrons. The monoisotopic (exact) mass is 114 g/mol. The Labute approximate surface area is 48.9 Å². The number of hydrogen-bond donors (Lipinski definition) is 0. The van der Waals surface area contributed by atoms with Crippen LogP contribution in [0, 0.1) is 0 Å². The van der Waals surface area contributed by atoms with Gasteiger partial charge in [0.25, 0.3) is 0 Å². The SMILES string of the molecule is CC1=NC(C)ON1C. The predicted molar refractivity (Wildman–Crippen MR) is 31.4 cm³/mol. The van der Waals surface area contributed by atoms with Crippen molar-refractivity contribution in [2.24, 2.45) is 4.99 Å². The minimum absolute atomic E-state index is 0.0139. The van der Waals surface area contributed by atoms with Crippen molar-refractivity contribution in [3.63, 3.8) is 0 Å². The van der Waals surface area contributed by atoms with E-state index in [1.54, 1.807) is 5.06 Å². The number of hydrogen-bond acceptors (Lipinski definition) is 3. The van der Waals surface area contributed by atoms with Crippen LogP contribution >= 0.6 is 0 Å². The minimum atomic E-state index is 0.0139. The van der Waals surface area contributed by atoms with E-state index in [-0.39, 0.29) is 6.23 Å². The van der Waals surface area contributed by atoms with E-state index in [0.717, 1.165) is 5.84 Å². The van der Waals surface area contributed by atoms with Crippen LogP contribution in [0.2, 0.25) is 0 Å². The lowest BCUT2D eigenvalue weighted by molar-refractivity contribution is -0.0965. The molecule has 0 aromatic carbocycles. The summed E-state index contributed by atoms with van der Waals surface area (Å²) < 4.78 is 0. The average Bonchev–Trinajstić information content (AvgIpc) is 1.85. The molecule has 0 N–H and O–H groups in total. The minimum Gasteiger partial charge on any atom is -0.246 e. The molecule has 0 spiro atoms. The van der Waals surface area contributed by atoms with Gasteiger partial charge in [-0.25, -0.2) is 14.9 Å². The lowest BCUT2D eigenvalue weighted by Gasteiger charge is -2.08. The number of hydroxylamine groups is 2. The van der Waals surface area contributed by atoms with E-state index in [4.69, 9.17) is 4.84 Å². The zero-order valence-electron chi connectivity index (χ0n) is 5.38. The number of aliphatic imine (C=N–C) groups is 1. The second-order valence-electron chi connectivity index (χ2n) is 1.88. The van der Waals surface area contributed by atoms with Gasteiger partial charge < -0.3 is 0 Å². The molecule has 3 nitrogen and oxygen atoms in total. The van der Waals surface area contributed by atoms with Crippen molar-refractivity contribution in [2.75, 3.05) is 7.05 Å². The molecule has 3 heteroatoms. The summed E-state index contributed by atoms with van der Waals surface area (Å²) in [5.41, 5.74) is 0. The Morgan fingerprint density at radius 2 is 2.38 bits per heavy atom. The van der Waals surface area contributed by atoms with Crippen molar-refractivity contribution in [3.05, 3.63) is 0 Å². The van der Waals surface area contributed by atoms with Gasteiger partial charge in [0.2, 0.25) is 0 Å². The number of nitrogens with zero attached hydrogens (tertiary/aromatic N) is 2. The molecule has 1 rings (SSSR count). The smallest absolute Gasteiger partial charge is 0.174 e. The summed E-state index contributed by atoms with van der Waals surface area (Å²) in [7, 11) is 1.85. The topological polar surface area (TPSA) is 24.8 Å². The van der Waals surface area contributed by atoms with Gasteiger partial charge in [-0.05, 0) is 13.8 Å². The summed E-state index contributed by atoms with van der Waals surface area (Å²) in [6.45, 7) is 3.83. The van der Waals surface area contributed by atoms with E-state index in [9.17, 15) is 0 Å². The third-order valence-electron chi connectivity index (χ3n) is 1.14. The van der Waals surface area contributed by atoms with Gasteiger partial charge in [-0.2, -0.15) is 0 Å². The van der Waals surface area contributed by atoms with Crippen molar-refractivity contribution < 1.29 is 4.84 Å². The average molecular weight is 114 g/mol. The molecule has 1 heterocycles. The second kappa shape index (κ2) is 1.74. The summed E-state index contributed by atoms with van der Waals surface area (Å²) >= 11 is 0. The highest BCUT2D eigenvalue weighted by Gasteiger charge is 2.13. The largest absolute Gasteiger partial charge is 0.246 e. The molecule has 0 fully saturated rings. The van der Waals surface area contributed by atoms with Crippen LogP contribution < -0.4 is 0 Å². The maximum Gasteiger partial charge on any atom is 0.174 e. The van der Waals surface area contributed by atoms with Crippen LogP contribution in [0.15, 0.2) is 4.99 Å². The fourth-order valence-electron chi connectivity index (χ4n) is 0.673. The molecular formula is C5H10N2O. The van der Waals surface area contributed by atoms with E-state index >= 15 is 0 Å². The maximum absolute atomic E-state index is 5.10. The molecule has 1 atom stereocenters. The highest BCUT2D eigenvalue weighted by atomic mass is 16.7. The molecule has 0 aromatic rings. The molecule has 0 saturated carbocycles. The van der Waals surface area contributed by atoms with Crippen LogP contribution in [0.1, 0.15) is 13.8 Å². The van der Waals surface area contributed by atoms with Crippen LogP contribution in [0.4, 0.5) is 0 Å². The lowest BCUT2D eigenvalue weighted by atomic mass is 10.6. The zero-order valence-corrected chi connectivity index (χ0v) is 5.38. The Bertz CT molecular complexity index is 122. The first-order valence-electron chi connectivity index (χ1n) is 2.65. The first-order valence-corrected chi connectivity index (χ1v) is 2.65. The highest BCUT2D eigenvalue weighted by molar-refractivity contribution is 5.79. The van der Waals surface area contributed by atoms with Gasteiger partial charge in [0, 0.05) is 7.05 Å². The van der Waals surface area contributed by atoms with Crippen molar-refractivity contribution in [2.45, 2.75) is 20.1 Å². The number of rotatable bonds is 0. The molecule has 1 aliphatic rings. The fraction of sp³-hybridized carbons (Fsp3) is 0.800. The van der Waals surface area contributed by atoms with Gasteiger partial charge in [0.15, 0.2) is 6.23 Å². The molecule has 8 heavy (non-hydrogen) atoms. The van der Waals surface area contributed by atoms with Crippen LogP contribution in [-0.4, -0.2) is 24.2 Å². The molecule has 0 bridgehead atoms. The van der Waals surface area contributed by atoms with Crippen LogP contribution in [-0.2, 0) is 4.84 Å². The van der Waals surface area contributed by atoms with Crippen molar-refractivity contribution in [1.82, 2.24) is 5.06 Å². The van der Waals surface area contributed by atoms with Crippen molar-refractivity contribution >= 4 is 5.84 Å². The number of amidine groups is 1. The molecular weight excluding hydrogens is 104 g/mol. The first-order chi connectivity index (χ1) is 3.70. The summed E-state index contributed by atoms with van der Waals surface area (Å²) in [5.74, 6) is 0.942. The summed E-state index contributed by atoms with van der Waals surface area (Å²) in [6.07, 6.45) is 0.0139. The predicted octanol–water partition coefficient (Wildman–Crippen LogP) is 0.628. The molecule has 0 radical (unpaired) electrons. The van der Waals surface area contributed by atoms with Crippen molar-refractivity contribution in [3.8, 4) is 0 Å². The summed E-state index contributed by atoms with van der Waals surface area (Å²) in [5, 5.41) is 1.67. The highest BCUT2D eigenvalue weighted by Crippen LogP contribution is 2.06. The van der Waals surface area contributed by atoms with Crippen LogP contribution in [0.25, 0.3) is 0 Å². The summed E-state index contributed by atoms with van der Waals surface area (Å²) in [4.78, 5) is 9.19. The molecule has 0 saturated heterocycles. The van der Waals surface area contributed by atoms with Gasteiger partial charge in [-0.1, -0.05) is 0 Å². The van der Waals surface area contributed by atoms with E-state index in [2.05, 4.69) is 4.99 Å². The van der Waals surface area contributed by atoms with Crippen molar-refractivity contribution in [1.29, 1.82) is 0 Å². The van der Waals surface area contributed by atoms with E-state index in [1.165, 1.54) is 0 Å². The molecule has 0 amide bonds. The van der Waals surface area contributed by atoms with Gasteiger partial charge in [0.05, 0.1) is 0 Å². The summed E-state index contributed by atoms with van der Waals surface area (Å²) in [6, 6.07) is 0. The first kappa shape index (κ1) is 5.56. The van der Waals surface area contributed by atoms with Gasteiger partial charge in [-0.15, -0.1) is 0 Å². The van der Waals surface area contributed by atoms with E-state index in [1.807, 2.05) is 20.9 Å².